The first-order valence-corrected chi connectivity index (χ1v) is 10.4. The maximum absolute atomic E-state index is 6.32. The predicted octanol–water partition coefficient (Wildman–Crippen LogP) is 1.44. The fraction of sp³-hybridized carbons (Fsp3) is 1.00. The predicted molar refractivity (Wildman–Crippen MR) is 96.8 cm³/mol. The highest BCUT2D eigenvalue weighted by Crippen LogP contribution is 2.37. The molecule has 0 spiro atoms. The lowest BCUT2D eigenvalue weighted by molar-refractivity contribution is 0.0315. The van der Waals surface area contributed by atoms with E-state index in [1.165, 1.54) is 38.5 Å². The first kappa shape index (κ1) is 17.5. The van der Waals surface area contributed by atoms with Crippen LogP contribution in [-0.2, 0) is 4.74 Å². The van der Waals surface area contributed by atoms with Crippen LogP contribution in [-0.4, -0.2) is 50.4 Å². The van der Waals surface area contributed by atoms with E-state index in [0.29, 0.717) is 35.3 Å². The van der Waals surface area contributed by atoms with Crippen LogP contribution in [0.2, 0.25) is 0 Å². The van der Waals surface area contributed by atoms with Crippen molar-refractivity contribution >= 4 is 11.6 Å². The number of rotatable bonds is 4. The molecule has 6 heteroatoms. The molecule has 0 aromatic rings. The van der Waals surface area contributed by atoms with Gasteiger partial charge < -0.3 is 15.4 Å². The number of piperidine rings is 1. The van der Waals surface area contributed by atoms with Crippen LogP contribution in [0.1, 0.15) is 38.5 Å². The second-order valence-electron chi connectivity index (χ2n) is 8.26. The van der Waals surface area contributed by atoms with E-state index in [9.17, 15) is 0 Å². The van der Waals surface area contributed by atoms with Gasteiger partial charge in [0.15, 0.2) is 0 Å². The summed E-state index contributed by atoms with van der Waals surface area (Å²) < 4.78 is 5.51. The molecule has 0 radical (unpaired) electrons. The van der Waals surface area contributed by atoms with E-state index in [1.54, 1.807) is 0 Å². The Bertz CT molecular complexity index is 398. The van der Waals surface area contributed by atoms with Crippen LogP contribution < -0.4 is 21.5 Å². The first-order chi connectivity index (χ1) is 11.8. The molecule has 3 aliphatic heterocycles. The maximum Gasteiger partial charge on any atom is 0.0737 e. The monoisotopic (exact) mass is 356 g/mol. The Labute approximate surface area is 151 Å². The lowest BCUT2D eigenvalue weighted by Gasteiger charge is -2.50. The molecular weight excluding hydrogens is 324 g/mol. The van der Waals surface area contributed by atoms with Gasteiger partial charge in [0.2, 0.25) is 0 Å². The number of nitrogens with one attached hydrogen (secondary N) is 4. The Morgan fingerprint density at radius 2 is 1.88 bits per heavy atom. The van der Waals surface area contributed by atoms with E-state index in [4.69, 9.17) is 16.3 Å². The van der Waals surface area contributed by atoms with Crippen molar-refractivity contribution in [2.45, 2.75) is 56.1 Å². The summed E-state index contributed by atoms with van der Waals surface area (Å²) >= 11 is 6.32. The van der Waals surface area contributed by atoms with E-state index in [2.05, 4.69) is 21.5 Å². The van der Waals surface area contributed by atoms with Gasteiger partial charge in [0.1, 0.15) is 0 Å². The molecule has 4 unspecified atom stereocenters. The second kappa shape index (κ2) is 8.19. The van der Waals surface area contributed by atoms with Crippen molar-refractivity contribution in [3.8, 4) is 0 Å². The van der Waals surface area contributed by atoms with Crippen LogP contribution >= 0.6 is 11.6 Å². The van der Waals surface area contributed by atoms with Crippen LogP contribution in [0.5, 0.6) is 0 Å². The number of fused-ring (bicyclic) bond motifs is 1. The Hall–Kier alpha value is 0.0900. The molecule has 138 valence electrons. The molecule has 24 heavy (non-hydrogen) atoms. The highest BCUT2D eigenvalue weighted by Gasteiger charge is 2.44. The number of hydrogen-bond donors (Lipinski definition) is 4. The summed E-state index contributed by atoms with van der Waals surface area (Å²) in [6.45, 7) is 5.22. The number of ether oxygens (including phenoxy) is 1. The summed E-state index contributed by atoms with van der Waals surface area (Å²) in [7, 11) is 0. The molecule has 4 fully saturated rings. The fourth-order valence-electron chi connectivity index (χ4n) is 5.26. The Morgan fingerprint density at radius 1 is 1.00 bits per heavy atom. The third-order valence-electron chi connectivity index (χ3n) is 6.74. The lowest BCUT2D eigenvalue weighted by Crippen LogP contribution is -2.70. The molecule has 4 aliphatic rings. The van der Waals surface area contributed by atoms with Crippen LogP contribution in [0.3, 0.4) is 0 Å². The van der Waals surface area contributed by atoms with E-state index in [-0.39, 0.29) is 0 Å². The van der Waals surface area contributed by atoms with Gasteiger partial charge in [-0.2, -0.15) is 0 Å². The van der Waals surface area contributed by atoms with Crippen LogP contribution in [0, 0.1) is 23.7 Å². The van der Waals surface area contributed by atoms with E-state index in [0.717, 1.165) is 38.8 Å². The molecule has 4 rings (SSSR count). The van der Waals surface area contributed by atoms with Crippen molar-refractivity contribution in [3.63, 3.8) is 0 Å². The quantitative estimate of drug-likeness (QED) is 0.574. The molecule has 1 aliphatic carbocycles. The zero-order valence-electron chi connectivity index (χ0n) is 14.6. The van der Waals surface area contributed by atoms with Gasteiger partial charge in [-0.25, -0.2) is 5.43 Å². The molecule has 0 aromatic carbocycles. The number of hydrazine groups is 1. The van der Waals surface area contributed by atoms with Gasteiger partial charge >= 0.3 is 0 Å². The van der Waals surface area contributed by atoms with E-state index < -0.39 is 0 Å². The van der Waals surface area contributed by atoms with Gasteiger partial charge in [0.25, 0.3) is 0 Å². The van der Waals surface area contributed by atoms with Crippen molar-refractivity contribution in [2.75, 3.05) is 32.8 Å². The molecule has 3 heterocycles. The molecule has 4 N–H and O–H groups in total. The zero-order valence-corrected chi connectivity index (χ0v) is 15.4. The van der Waals surface area contributed by atoms with Crippen LogP contribution in [0.15, 0.2) is 0 Å². The van der Waals surface area contributed by atoms with Crippen molar-refractivity contribution in [1.29, 1.82) is 0 Å². The largest absolute Gasteiger partial charge is 0.381 e. The van der Waals surface area contributed by atoms with E-state index >= 15 is 0 Å². The molecule has 0 amide bonds. The third-order valence-corrected chi connectivity index (χ3v) is 7.18. The number of alkyl halides is 1. The zero-order chi connectivity index (χ0) is 16.4. The van der Waals surface area contributed by atoms with Gasteiger partial charge in [0.05, 0.1) is 12.8 Å². The Morgan fingerprint density at radius 3 is 2.67 bits per heavy atom. The van der Waals surface area contributed by atoms with Gasteiger partial charge in [-0.15, -0.1) is 11.6 Å². The highest BCUT2D eigenvalue weighted by molar-refractivity contribution is 6.20. The summed E-state index contributed by atoms with van der Waals surface area (Å²) in [4.78, 5) is 0. The minimum absolute atomic E-state index is 0.387. The maximum atomic E-state index is 6.32. The molecule has 3 saturated heterocycles. The van der Waals surface area contributed by atoms with Crippen LogP contribution in [0.4, 0.5) is 0 Å². The topological polar surface area (TPSA) is 57.3 Å². The second-order valence-corrected chi connectivity index (χ2v) is 8.88. The van der Waals surface area contributed by atoms with Gasteiger partial charge in [-0.1, -0.05) is 0 Å². The van der Waals surface area contributed by atoms with E-state index in [1.807, 2.05) is 0 Å². The molecular formula is C18H33ClN4O. The van der Waals surface area contributed by atoms with Crippen molar-refractivity contribution in [1.82, 2.24) is 21.5 Å². The SMILES string of the molecule is ClC1CCC(C2NNC(NC[C@@H]3CCOC3)C3CCNCC32)CC1. The molecule has 5 nitrogen and oxygen atoms in total. The average molecular weight is 357 g/mol. The Balaban J connectivity index is 1.36. The standard InChI is InChI=1S/C18H33ClN4O/c19-14-3-1-13(2-4-14)17-16-10-20-7-5-15(16)18(23-22-17)21-9-12-6-8-24-11-12/h12-18,20-23H,1-11H2/t12-,13?,14?,15?,16?,17?,18?/m0/s1. The highest BCUT2D eigenvalue weighted by atomic mass is 35.5. The summed E-state index contributed by atoms with van der Waals surface area (Å²) in [5.74, 6) is 2.88. The van der Waals surface area contributed by atoms with Crippen LogP contribution in [0.25, 0.3) is 0 Å². The summed E-state index contributed by atoms with van der Waals surface area (Å²) in [6, 6.07) is 0.583. The normalized spacial score (nSPS) is 46.6. The minimum Gasteiger partial charge on any atom is -0.381 e. The Kier molecular flexibility index (Phi) is 5.97. The smallest absolute Gasteiger partial charge is 0.0737 e. The minimum atomic E-state index is 0.387. The van der Waals surface area contributed by atoms with Gasteiger partial charge in [-0.05, 0) is 75.3 Å². The average Bonchev–Trinajstić information content (AvgIpc) is 3.14. The first-order valence-electron chi connectivity index (χ1n) is 9.98. The summed E-state index contributed by atoms with van der Waals surface area (Å²) in [6.07, 6.45) is 7.75. The van der Waals surface area contributed by atoms with Crippen molar-refractivity contribution in [3.05, 3.63) is 0 Å². The van der Waals surface area contributed by atoms with Gasteiger partial charge in [-0.3, -0.25) is 5.43 Å². The van der Waals surface area contributed by atoms with Gasteiger partial charge in [0, 0.05) is 24.6 Å². The van der Waals surface area contributed by atoms with Crippen molar-refractivity contribution in [2.24, 2.45) is 23.7 Å². The number of hydrogen-bond acceptors (Lipinski definition) is 5. The molecule has 0 bridgehead atoms. The summed E-state index contributed by atoms with van der Waals surface area (Å²) in [5, 5.41) is 7.83. The molecule has 5 atom stereocenters. The fourth-order valence-corrected chi connectivity index (χ4v) is 5.51. The summed E-state index contributed by atoms with van der Waals surface area (Å²) in [5.41, 5.74) is 7.34. The third kappa shape index (κ3) is 3.92. The molecule has 0 aromatic heterocycles. The molecule has 1 saturated carbocycles. The van der Waals surface area contributed by atoms with Crippen molar-refractivity contribution < 1.29 is 4.74 Å². The lowest BCUT2D eigenvalue weighted by atomic mass is 9.70. The number of halogens is 1.